The second kappa shape index (κ2) is 4.59. The van der Waals surface area contributed by atoms with Gasteiger partial charge in [-0.25, -0.2) is 4.68 Å². The summed E-state index contributed by atoms with van der Waals surface area (Å²) >= 11 is 0. The predicted molar refractivity (Wildman–Crippen MR) is 61.2 cm³/mol. The maximum Gasteiger partial charge on any atom is 0.238 e. The standard InChI is InChI=1S/C11H12N4O/c12-6-11(16)14-9-7-13-15(8-9)10-4-2-1-3-5-10/h1-5,7-8H,6,12H2,(H,14,16). The number of nitrogens with two attached hydrogens (primary N) is 1. The van der Waals surface area contributed by atoms with E-state index in [2.05, 4.69) is 10.4 Å². The second-order valence-corrected chi connectivity index (χ2v) is 3.26. The highest BCUT2D eigenvalue weighted by Gasteiger charge is 2.02. The van der Waals surface area contributed by atoms with Gasteiger partial charge in [0.2, 0.25) is 5.91 Å². The first-order valence-electron chi connectivity index (χ1n) is 4.89. The summed E-state index contributed by atoms with van der Waals surface area (Å²) in [6, 6.07) is 9.65. The molecule has 2 rings (SSSR count). The number of aromatic nitrogens is 2. The Morgan fingerprint density at radius 2 is 2.12 bits per heavy atom. The highest BCUT2D eigenvalue weighted by molar-refractivity contribution is 5.91. The molecule has 16 heavy (non-hydrogen) atoms. The van der Waals surface area contributed by atoms with Crippen LogP contribution < -0.4 is 11.1 Å². The van der Waals surface area contributed by atoms with Crippen molar-refractivity contribution < 1.29 is 4.79 Å². The van der Waals surface area contributed by atoms with Gasteiger partial charge in [-0.05, 0) is 12.1 Å². The highest BCUT2D eigenvalue weighted by atomic mass is 16.1. The lowest BCUT2D eigenvalue weighted by Crippen LogP contribution is -2.21. The minimum Gasteiger partial charge on any atom is -0.322 e. The van der Waals surface area contributed by atoms with Gasteiger partial charge in [-0.1, -0.05) is 18.2 Å². The molecule has 1 aromatic carbocycles. The molecule has 0 spiro atoms. The minimum absolute atomic E-state index is 0.0312. The van der Waals surface area contributed by atoms with Gasteiger partial charge in [-0.15, -0.1) is 0 Å². The zero-order chi connectivity index (χ0) is 11.4. The number of hydrogen-bond acceptors (Lipinski definition) is 3. The fourth-order valence-corrected chi connectivity index (χ4v) is 1.32. The van der Waals surface area contributed by atoms with Crippen molar-refractivity contribution in [3.8, 4) is 5.69 Å². The lowest BCUT2D eigenvalue weighted by molar-refractivity contribution is -0.114. The molecule has 3 N–H and O–H groups in total. The summed E-state index contributed by atoms with van der Waals surface area (Å²) in [5.41, 5.74) is 6.78. The van der Waals surface area contributed by atoms with Crippen LogP contribution in [0.25, 0.3) is 5.69 Å². The number of rotatable bonds is 3. The molecule has 0 unspecified atom stereocenters. The first kappa shape index (κ1) is 10.4. The van der Waals surface area contributed by atoms with Crippen molar-refractivity contribution in [2.75, 3.05) is 11.9 Å². The molecule has 82 valence electrons. The molecule has 0 saturated heterocycles. The van der Waals surface area contributed by atoms with Crippen LogP contribution in [0, 0.1) is 0 Å². The van der Waals surface area contributed by atoms with E-state index in [0.29, 0.717) is 5.69 Å². The Morgan fingerprint density at radius 3 is 2.81 bits per heavy atom. The predicted octanol–water partition coefficient (Wildman–Crippen LogP) is 0.769. The van der Waals surface area contributed by atoms with E-state index in [-0.39, 0.29) is 12.5 Å². The van der Waals surface area contributed by atoms with E-state index in [0.717, 1.165) is 5.69 Å². The zero-order valence-corrected chi connectivity index (χ0v) is 8.63. The Labute approximate surface area is 92.9 Å². The average Bonchev–Trinajstić information content (AvgIpc) is 2.78. The topological polar surface area (TPSA) is 72.9 Å². The SMILES string of the molecule is NCC(=O)Nc1cnn(-c2ccccc2)c1. The van der Waals surface area contributed by atoms with Crippen molar-refractivity contribution in [2.24, 2.45) is 5.73 Å². The van der Waals surface area contributed by atoms with Gasteiger partial charge in [0, 0.05) is 0 Å². The fourth-order valence-electron chi connectivity index (χ4n) is 1.32. The number of hydrogen-bond donors (Lipinski definition) is 2. The summed E-state index contributed by atoms with van der Waals surface area (Å²) in [7, 11) is 0. The molecule has 1 amide bonds. The Morgan fingerprint density at radius 1 is 1.38 bits per heavy atom. The number of amides is 1. The first-order chi connectivity index (χ1) is 7.79. The van der Waals surface area contributed by atoms with E-state index < -0.39 is 0 Å². The van der Waals surface area contributed by atoms with Crippen LogP contribution in [0.15, 0.2) is 42.7 Å². The van der Waals surface area contributed by atoms with E-state index in [9.17, 15) is 4.79 Å². The van der Waals surface area contributed by atoms with Crippen LogP contribution in [-0.2, 0) is 4.79 Å². The van der Waals surface area contributed by atoms with E-state index >= 15 is 0 Å². The van der Waals surface area contributed by atoms with Crippen molar-refractivity contribution in [3.05, 3.63) is 42.7 Å². The quantitative estimate of drug-likeness (QED) is 0.795. The van der Waals surface area contributed by atoms with Crippen molar-refractivity contribution in [3.63, 3.8) is 0 Å². The number of carbonyl (C=O) groups is 1. The molecule has 0 aliphatic heterocycles. The molecule has 0 radical (unpaired) electrons. The smallest absolute Gasteiger partial charge is 0.238 e. The Kier molecular flexibility index (Phi) is 2.98. The van der Waals surface area contributed by atoms with Gasteiger partial charge in [0.1, 0.15) is 0 Å². The summed E-state index contributed by atoms with van der Waals surface area (Å²) < 4.78 is 1.69. The molecular formula is C11H12N4O. The third-order valence-corrected chi connectivity index (χ3v) is 2.07. The molecule has 5 heteroatoms. The van der Waals surface area contributed by atoms with Crippen LogP contribution in [0.5, 0.6) is 0 Å². The molecule has 2 aromatic rings. The van der Waals surface area contributed by atoms with Crippen LogP contribution in [0.1, 0.15) is 0 Å². The van der Waals surface area contributed by atoms with Gasteiger partial charge in [0.25, 0.3) is 0 Å². The Bertz CT molecular complexity index is 478. The minimum atomic E-state index is -0.229. The van der Waals surface area contributed by atoms with E-state index in [1.807, 2.05) is 30.3 Å². The van der Waals surface area contributed by atoms with Crippen LogP contribution >= 0.6 is 0 Å². The molecule has 1 heterocycles. The van der Waals surface area contributed by atoms with E-state index in [4.69, 9.17) is 5.73 Å². The lowest BCUT2D eigenvalue weighted by Gasteiger charge is -1.99. The van der Waals surface area contributed by atoms with E-state index in [1.165, 1.54) is 0 Å². The second-order valence-electron chi connectivity index (χ2n) is 3.26. The monoisotopic (exact) mass is 216 g/mol. The molecule has 0 bridgehead atoms. The van der Waals surface area contributed by atoms with Crippen LogP contribution in [-0.4, -0.2) is 22.2 Å². The Hall–Kier alpha value is -2.14. The number of benzene rings is 1. The zero-order valence-electron chi connectivity index (χ0n) is 8.63. The third kappa shape index (κ3) is 2.26. The van der Waals surface area contributed by atoms with Crippen LogP contribution in [0.4, 0.5) is 5.69 Å². The maximum absolute atomic E-state index is 11.1. The molecule has 0 aliphatic rings. The highest BCUT2D eigenvalue weighted by Crippen LogP contribution is 2.10. The van der Waals surface area contributed by atoms with Gasteiger partial charge in [0.15, 0.2) is 0 Å². The number of nitrogens with zero attached hydrogens (tertiary/aromatic N) is 2. The molecule has 0 fully saturated rings. The number of anilines is 1. The summed E-state index contributed by atoms with van der Waals surface area (Å²) in [6.07, 6.45) is 3.32. The molecule has 5 nitrogen and oxygen atoms in total. The average molecular weight is 216 g/mol. The van der Waals surface area contributed by atoms with Gasteiger partial charge >= 0.3 is 0 Å². The summed E-state index contributed by atoms with van der Waals surface area (Å²) in [5.74, 6) is -0.229. The molecule has 0 saturated carbocycles. The number of nitrogens with one attached hydrogen (secondary N) is 1. The summed E-state index contributed by atoms with van der Waals surface area (Å²) in [6.45, 7) is -0.0312. The fraction of sp³-hybridized carbons (Fsp3) is 0.0909. The van der Waals surface area contributed by atoms with Crippen LogP contribution in [0.2, 0.25) is 0 Å². The first-order valence-corrected chi connectivity index (χ1v) is 4.89. The summed E-state index contributed by atoms with van der Waals surface area (Å²) in [4.78, 5) is 11.1. The summed E-state index contributed by atoms with van der Waals surface area (Å²) in [5, 5.41) is 6.77. The van der Waals surface area contributed by atoms with Gasteiger partial charge in [-0.3, -0.25) is 4.79 Å². The van der Waals surface area contributed by atoms with Crippen LogP contribution in [0.3, 0.4) is 0 Å². The largest absolute Gasteiger partial charge is 0.322 e. The van der Waals surface area contributed by atoms with Crippen molar-refractivity contribution in [1.29, 1.82) is 0 Å². The van der Waals surface area contributed by atoms with Gasteiger partial charge in [0.05, 0.1) is 30.3 Å². The Balaban J connectivity index is 2.17. The number of carbonyl (C=O) groups excluding carboxylic acids is 1. The normalized spacial score (nSPS) is 10.1. The van der Waals surface area contributed by atoms with Crippen molar-refractivity contribution in [1.82, 2.24) is 9.78 Å². The van der Waals surface area contributed by atoms with Crippen molar-refractivity contribution in [2.45, 2.75) is 0 Å². The van der Waals surface area contributed by atoms with Crippen molar-refractivity contribution >= 4 is 11.6 Å². The van der Waals surface area contributed by atoms with Gasteiger partial charge in [-0.2, -0.15) is 5.10 Å². The number of para-hydroxylation sites is 1. The molecular weight excluding hydrogens is 204 g/mol. The molecule has 1 aromatic heterocycles. The maximum atomic E-state index is 11.1. The lowest BCUT2D eigenvalue weighted by atomic mass is 10.3. The third-order valence-electron chi connectivity index (χ3n) is 2.07. The van der Waals surface area contributed by atoms with Gasteiger partial charge < -0.3 is 11.1 Å². The molecule has 0 aliphatic carbocycles. The van der Waals surface area contributed by atoms with E-state index in [1.54, 1.807) is 17.1 Å². The molecule has 0 atom stereocenters.